The van der Waals surface area contributed by atoms with Crippen LogP contribution in [0.2, 0.25) is 0 Å². The van der Waals surface area contributed by atoms with Gasteiger partial charge in [-0.15, -0.1) is 11.3 Å². The Morgan fingerprint density at radius 2 is 1.14 bits per heavy atom. The fourth-order valence-corrected chi connectivity index (χ4v) is 4.45. The fourth-order valence-electron chi connectivity index (χ4n) is 2.15. The van der Waals surface area contributed by atoms with E-state index in [-0.39, 0.29) is 9.75 Å². The normalized spacial score (nSPS) is 9.72. The lowest BCUT2D eigenvalue weighted by atomic mass is 10.3. The summed E-state index contributed by atoms with van der Waals surface area (Å²) in [4.78, 5) is 22.6. The summed E-state index contributed by atoms with van der Waals surface area (Å²) in [5, 5.41) is 24.3. The maximum atomic E-state index is 11.5. The molecule has 0 fully saturated rings. The lowest BCUT2D eigenvalue weighted by Crippen LogP contribution is -1.96. The van der Waals surface area contributed by atoms with Gasteiger partial charge in [-0.25, -0.2) is 0 Å². The van der Waals surface area contributed by atoms with Crippen LogP contribution in [0.15, 0.2) is 24.3 Å². The molecule has 8 nitrogen and oxygen atoms in total. The van der Waals surface area contributed by atoms with E-state index < -0.39 is 21.2 Å². The van der Waals surface area contributed by atoms with Crippen molar-refractivity contribution in [2.24, 2.45) is 0 Å². The fraction of sp³-hybridized carbons (Fsp3) is 0.111. The van der Waals surface area contributed by atoms with E-state index in [1.54, 1.807) is 24.3 Å². The molecule has 3 aromatic heterocycles. The number of nitrogens with zero attached hydrogens (tertiary/aromatic N) is 2. The first-order chi connectivity index (χ1) is 13.9. The molecule has 3 rings (SSSR count). The van der Waals surface area contributed by atoms with E-state index in [1.165, 1.54) is 36.9 Å². The van der Waals surface area contributed by atoms with Crippen LogP contribution >= 0.6 is 34.0 Å². The minimum Gasteiger partial charge on any atom is -0.487 e. The van der Waals surface area contributed by atoms with Crippen molar-refractivity contribution in [2.75, 3.05) is 14.2 Å². The molecular weight excluding hydrogens is 436 g/mol. The standard InChI is InChI=1S/C18H10N2O6S3/c1-25-15-9-5-11(27-15)3-7-13-17(19(21)22)18(20(23)24)14(29-13)8-4-12-6-10-16(26-2)28-12/h5-6,9-10H,1-2H3. The first kappa shape index (κ1) is 20.4. The summed E-state index contributed by atoms with van der Waals surface area (Å²) in [6, 6.07) is 6.84. The highest BCUT2D eigenvalue weighted by Crippen LogP contribution is 2.40. The van der Waals surface area contributed by atoms with E-state index in [0.29, 0.717) is 19.9 Å². The van der Waals surface area contributed by atoms with Gasteiger partial charge in [0.2, 0.25) is 0 Å². The smallest absolute Gasteiger partial charge is 0.373 e. The highest BCUT2D eigenvalue weighted by molar-refractivity contribution is 7.15. The summed E-state index contributed by atoms with van der Waals surface area (Å²) in [6.07, 6.45) is 0. The number of thiophene rings is 3. The van der Waals surface area contributed by atoms with Gasteiger partial charge in [0.1, 0.15) is 0 Å². The predicted molar refractivity (Wildman–Crippen MR) is 111 cm³/mol. The van der Waals surface area contributed by atoms with Crippen LogP contribution < -0.4 is 9.47 Å². The van der Waals surface area contributed by atoms with E-state index >= 15 is 0 Å². The number of ether oxygens (including phenoxy) is 2. The Kier molecular flexibility index (Phi) is 6.14. The molecule has 0 amide bonds. The average Bonchev–Trinajstić information content (AvgIpc) is 3.41. The summed E-state index contributed by atoms with van der Waals surface area (Å²) in [5.74, 6) is 10.9. The molecule has 0 saturated carbocycles. The molecule has 29 heavy (non-hydrogen) atoms. The largest absolute Gasteiger partial charge is 0.487 e. The molecule has 3 heterocycles. The van der Waals surface area contributed by atoms with Crippen LogP contribution in [-0.2, 0) is 0 Å². The third-order valence-corrected chi connectivity index (χ3v) is 6.31. The topological polar surface area (TPSA) is 105 Å². The molecule has 146 valence electrons. The third kappa shape index (κ3) is 4.55. The van der Waals surface area contributed by atoms with Gasteiger partial charge in [-0.3, -0.25) is 20.2 Å². The third-order valence-electron chi connectivity index (χ3n) is 3.39. The quantitative estimate of drug-likeness (QED) is 0.332. The van der Waals surface area contributed by atoms with E-state index in [1.807, 2.05) is 0 Å². The Labute approximate surface area is 176 Å². The van der Waals surface area contributed by atoms with Crippen LogP contribution in [0.4, 0.5) is 11.4 Å². The summed E-state index contributed by atoms with van der Waals surface area (Å²) in [6.45, 7) is 0. The molecule has 0 atom stereocenters. The molecule has 3 aromatic rings. The minimum absolute atomic E-state index is 0.0258. The SMILES string of the molecule is COc1ccc(C#Cc2sc(C#Cc3ccc(OC)s3)c([N+](=O)[O-])c2[N+](=O)[O-])s1. The number of hydrogen-bond donors (Lipinski definition) is 0. The van der Waals surface area contributed by atoms with Gasteiger partial charge in [0.05, 0.1) is 33.8 Å². The van der Waals surface area contributed by atoms with Gasteiger partial charge in [0.25, 0.3) is 0 Å². The van der Waals surface area contributed by atoms with E-state index in [4.69, 9.17) is 9.47 Å². The van der Waals surface area contributed by atoms with Crippen molar-refractivity contribution < 1.29 is 19.3 Å². The maximum Gasteiger partial charge on any atom is 0.373 e. The Morgan fingerprint density at radius 1 is 0.724 bits per heavy atom. The number of methoxy groups -OCH3 is 2. The van der Waals surface area contributed by atoms with Crippen LogP contribution in [-0.4, -0.2) is 24.1 Å². The molecule has 0 bridgehead atoms. The highest BCUT2D eigenvalue weighted by atomic mass is 32.1. The molecule has 0 aliphatic heterocycles. The van der Waals surface area contributed by atoms with Crippen molar-refractivity contribution in [1.29, 1.82) is 0 Å². The van der Waals surface area contributed by atoms with Crippen molar-refractivity contribution in [2.45, 2.75) is 0 Å². The van der Waals surface area contributed by atoms with Crippen LogP contribution in [0, 0.1) is 43.9 Å². The first-order valence-corrected chi connectivity index (χ1v) is 10.1. The van der Waals surface area contributed by atoms with Crippen molar-refractivity contribution in [3.63, 3.8) is 0 Å². The maximum absolute atomic E-state index is 11.5. The van der Waals surface area contributed by atoms with Crippen molar-refractivity contribution in [1.82, 2.24) is 0 Å². The van der Waals surface area contributed by atoms with E-state index in [0.717, 1.165) is 11.3 Å². The number of rotatable bonds is 4. The Hall–Kier alpha value is -3.38. The lowest BCUT2D eigenvalue weighted by Gasteiger charge is -1.89. The van der Waals surface area contributed by atoms with Gasteiger partial charge < -0.3 is 9.47 Å². The molecule has 0 aliphatic carbocycles. The molecule has 0 spiro atoms. The summed E-state index contributed by atoms with van der Waals surface area (Å²) in [5.41, 5.74) is -1.30. The molecule has 0 aromatic carbocycles. The van der Waals surface area contributed by atoms with Crippen molar-refractivity contribution in [3.8, 4) is 33.8 Å². The van der Waals surface area contributed by atoms with Crippen molar-refractivity contribution in [3.05, 3.63) is 64.0 Å². The van der Waals surface area contributed by atoms with Crippen LogP contribution in [0.1, 0.15) is 19.5 Å². The van der Waals surface area contributed by atoms with Gasteiger partial charge in [0.15, 0.2) is 19.9 Å². The zero-order valence-electron chi connectivity index (χ0n) is 14.9. The van der Waals surface area contributed by atoms with Crippen LogP contribution in [0.3, 0.4) is 0 Å². The molecule has 0 N–H and O–H groups in total. The summed E-state index contributed by atoms with van der Waals surface area (Å²) in [7, 11) is 3.04. The second-order valence-corrected chi connectivity index (χ2v) is 8.23. The lowest BCUT2D eigenvalue weighted by molar-refractivity contribution is -0.422. The molecule has 0 saturated heterocycles. The van der Waals surface area contributed by atoms with Gasteiger partial charge in [-0.1, -0.05) is 22.7 Å². The monoisotopic (exact) mass is 446 g/mol. The summed E-state index contributed by atoms with van der Waals surface area (Å²) < 4.78 is 10.2. The second kappa shape index (κ2) is 8.75. The zero-order chi connectivity index (χ0) is 21.0. The molecule has 0 unspecified atom stereocenters. The molecule has 0 aliphatic rings. The van der Waals surface area contributed by atoms with E-state index in [2.05, 4.69) is 23.7 Å². The summed E-state index contributed by atoms with van der Waals surface area (Å²) >= 11 is 3.35. The average molecular weight is 446 g/mol. The first-order valence-electron chi connectivity index (χ1n) is 7.70. The predicted octanol–water partition coefficient (Wildman–Crippen LogP) is 4.50. The van der Waals surface area contributed by atoms with Gasteiger partial charge in [0, 0.05) is 0 Å². The second-order valence-electron chi connectivity index (χ2n) is 5.12. The highest BCUT2D eigenvalue weighted by Gasteiger charge is 2.35. The number of nitro groups is 2. The van der Waals surface area contributed by atoms with Crippen LogP contribution in [0.25, 0.3) is 0 Å². The minimum atomic E-state index is -0.799. The van der Waals surface area contributed by atoms with Gasteiger partial charge in [-0.05, 0) is 47.9 Å². The Morgan fingerprint density at radius 3 is 1.45 bits per heavy atom. The Balaban J connectivity index is 2.07. The van der Waals surface area contributed by atoms with Gasteiger partial charge in [-0.2, -0.15) is 0 Å². The molecule has 11 heteroatoms. The zero-order valence-corrected chi connectivity index (χ0v) is 17.3. The molecule has 0 radical (unpaired) electrons. The van der Waals surface area contributed by atoms with E-state index in [9.17, 15) is 20.2 Å². The number of hydrogen-bond acceptors (Lipinski definition) is 9. The van der Waals surface area contributed by atoms with Crippen molar-refractivity contribution >= 4 is 45.4 Å². The molecular formula is C18H10N2O6S3. The van der Waals surface area contributed by atoms with Gasteiger partial charge >= 0.3 is 11.4 Å². The Bertz CT molecular complexity index is 1120. The van der Waals surface area contributed by atoms with Crippen LogP contribution in [0.5, 0.6) is 10.1 Å².